The number of benzene rings is 1. The molecule has 14 heavy (non-hydrogen) atoms. The van der Waals surface area contributed by atoms with Gasteiger partial charge in [0.05, 0.1) is 16.1 Å². The fraction of sp³-hybridized carbons (Fsp3) is 0. The summed E-state index contributed by atoms with van der Waals surface area (Å²) in [7, 11) is 0. The molecule has 0 spiro atoms. The number of rotatable bonds is 1. The van der Waals surface area contributed by atoms with Crippen LogP contribution in [0.2, 0.25) is 5.02 Å². The average Bonchev–Trinajstić information content (AvgIpc) is 2.59. The van der Waals surface area contributed by atoms with Gasteiger partial charge >= 0.3 is 5.97 Å². The highest BCUT2D eigenvalue weighted by Gasteiger charge is 2.15. The Kier molecular flexibility index (Phi) is 1.86. The minimum absolute atomic E-state index is 0.00639. The van der Waals surface area contributed by atoms with Crippen molar-refractivity contribution in [3.05, 3.63) is 28.9 Å². The highest BCUT2D eigenvalue weighted by atomic mass is 35.5. The van der Waals surface area contributed by atoms with Crippen LogP contribution < -0.4 is 0 Å². The van der Waals surface area contributed by atoms with E-state index in [0.717, 1.165) is 6.07 Å². The Morgan fingerprint density at radius 3 is 2.86 bits per heavy atom. The standard InChI is InChI=1S/C9H6ClNO3/c10-7-4-1-2-11-8(4)5(9(13)14)3-6(7)12/h1-3,11-12H,(H,13,14). The number of aromatic nitrogens is 1. The quantitative estimate of drug-likeness (QED) is 0.677. The minimum atomic E-state index is -1.11. The van der Waals surface area contributed by atoms with Crippen molar-refractivity contribution < 1.29 is 15.0 Å². The molecule has 2 aromatic rings. The van der Waals surface area contributed by atoms with E-state index in [1.807, 2.05) is 0 Å². The van der Waals surface area contributed by atoms with Gasteiger partial charge in [0.2, 0.25) is 0 Å². The van der Waals surface area contributed by atoms with Crippen LogP contribution >= 0.6 is 11.6 Å². The van der Waals surface area contributed by atoms with E-state index in [4.69, 9.17) is 16.7 Å². The number of fused-ring (bicyclic) bond motifs is 1. The highest BCUT2D eigenvalue weighted by Crippen LogP contribution is 2.33. The van der Waals surface area contributed by atoms with Crippen molar-refractivity contribution in [1.82, 2.24) is 4.98 Å². The fourth-order valence-electron chi connectivity index (χ4n) is 1.35. The summed E-state index contributed by atoms with van der Waals surface area (Å²) in [5, 5.41) is 18.9. The smallest absolute Gasteiger partial charge is 0.337 e. The van der Waals surface area contributed by atoms with Crippen molar-refractivity contribution >= 4 is 28.5 Å². The monoisotopic (exact) mass is 211 g/mol. The van der Waals surface area contributed by atoms with Gasteiger partial charge in [-0.3, -0.25) is 0 Å². The molecule has 1 heterocycles. The fourth-order valence-corrected chi connectivity index (χ4v) is 1.57. The van der Waals surface area contributed by atoms with Gasteiger partial charge < -0.3 is 15.2 Å². The molecule has 0 atom stereocenters. The van der Waals surface area contributed by atoms with E-state index in [2.05, 4.69) is 4.98 Å². The van der Waals surface area contributed by atoms with Crippen LogP contribution in [-0.4, -0.2) is 21.2 Å². The van der Waals surface area contributed by atoms with E-state index in [0.29, 0.717) is 10.9 Å². The second kappa shape index (κ2) is 2.92. The Morgan fingerprint density at radius 1 is 1.50 bits per heavy atom. The number of phenolic OH excluding ortho intramolecular Hbond substituents is 1. The maximum absolute atomic E-state index is 10.8. The summed E-state index contributed by atoms with van der Waals surface area (Å²) in [6.07, 6.45) is 1.57. The molecule has 0 aliphatic rings. The van der Waals surface area contributed by atoms with Crippen molar-refractivity contribution in [2.75, 3.05) is 0 Å². The van der Waals surface area contributed by atoms with Crippen LogP contribution in [0.5, 0.6) is 5.75 Å². The Hall–Kier alpha value is -1.68. The molecule has 0 amide bonds. The normalized spacial score (nSPS) is 10.6. The SMILES string of the molecule is O=C(O)c1cc(O)c(Cl)c2cc[nH]c12. The Labute approximate surface area is 83.7 Å². The Bertz CT molecular complexity index is 518. The number of aromatic hydroxyl groups is 1. The number of phenols is 1. The van der Waals surface area contributed by atoms with Crippen molar-refractivity contribution in [2.24, 2.45) is 0 Å². The number of nitrogens with one attached hydrogen (secondary N) is 1. The van der Waals surface area contributed by atoms with E-state index in [1.165, 1.54) is 0 Å². The van der Waals surface area contributed by atoms with Gasteiger partial charge in [0.1, 0.15) is 5.75 Å². The first-order chi connectivity index (χ1) is 6.61. The summed E-state index contributed by atoms with van der Waals surface area (Å²) < 4.78 is 0. The van der Waals surface area contributed by atoms with Gasteiger partial charge in [-0.05, 0) is 12.1 Å². The molecule has 0 aliphatic carbocycles. The predicted octanol–water partition coefficient (Wildman–Crippen LogP) is 2.23. The molecule has 0 saturated carbocycles. The third-order valence-electron chi connectivity index (χ3n) is 1.99. The molecule has 0 aliphatic heterocycles. The topological polar surface area (TPSA) is 73.3 Å². The molecule has 0 bridgehead atoms. The van der Waals surface area contributed by atoms with Gasteiger partial charge in [0.15, 0.2) is 0 Å². The molecule has 0 unspecified atom stereocenters. The third kappa shape index (κ3) is 1.12. The number of halogens is 1. The summed E-state index contributed by atoms with van der Waals surface area (Å²) >= 11 is 5.78. The van der Waals surface area contributed by atoms with Crippen LogP contribution in [0, 0.1) is 0 Å². The number of aromatic amines is 1. The number of aromatic carboxylic acids is 1. The maximum atomic E-state index is 10.8. The van der Waals surface area contributed by atoms with Crippen LogP contribution in [0.4, 0.5) is 0 Å². The predicted molar refractivity (Wildman–Crippen MR) is 51.9 cm³/mol. The van der Waals surface area contributed by atoms with Gasteiger partial charge in [-0.25, -0.2) is 4.79 Å². The minimum Gasteiger partial charge on any atom is -0.506 e. The number of carboxylic acid groups (broad SMARTS) is 1. The molecule has 1 aromatic heterocycles. The number of carbonyl (C=O) groups is 1. The zero-order valence-corrected chi connectivity index (χ0v) is 7.67. The second-order valence-electron chi connectivity index (χ2n) is 2.83. The van der Waals surface area contributed by atoms with Crippen molar-refractivity contribution in [2.45, 2.75) is 0 Å². The number of carboxylic acids is 1. The molecule has 2 rings (SSSR count). The van der Waals surface area contributed by atoms with Crippen molar-refractivity contribution in [3.8, 4) is 5.75 Å². The first kappa shape index (κ1) is 8.90. The lowest BCUT2D eigenvalue weighted by atomic mass is 10.1. The molecule has 5 heteroatoms. The molecule has 72 valence electrons. The highest BCUT2D eigenvalue weighted by molar-refractivity contribution is 6.37. The zero-order chi connectivity index (χ0) is 10.3. The van der Waals surface area contributed by atoms with Gasteiger partial charge in [-0.2, -0.15) is 0 Å². The van der Waals surface area contributed by atoms with E-state index in [1.54, 1.807) is 12.3 Å². The molecule has 0 fully saturated rings. The van der Waals surface area contributed by atoms with Crippen molar-refractivity contribution in [3.63, 3.8) is 0 Å². The van der Waals surface area contributed by atoms with E-state index in [-0.39, 0.29) is 16.3 Å². The molecule has 4 nitrogen and oxygen atoms in total. The maximum Gasteiger partial charge on any atom is 0.337 e. The molecular weight excluding hydrogens is 206 g/mol. The first-order valence-electron chi connectivity index (χ1n) is 3.83. The molecule has 0 saturated heterocycles. The Morgan fingerprint density at radius 2 is 2.21 bits per heavy atom. The average molecular weight is 212 g/mol. The number of hydrogen-bond donors (Lipinski definition) is 3. The number of H-pyrrole nitrogens is 1. The van der Waals surface area contributed by atoms with Crippen LogP contribution in [0.25, 0.3) is 10.9 Å². The third-order valence-corrected chi connectivity index (χ3v) is 2.39. The van der Waals surface area contributed by atoms with Crippen molar-refractivity contribution in [1.29, 1.82) is 0 Å². The number of hydrogen-bond acceptors (Lipinski definition) is 2. The van der Waals surface area contributed by atoms with Gasteiger partial charge in [-0.1, -0.05) is 11.6 Å². The molecule has 3 N–H and O–H groups in total. The van der Waals surface area contributed by atoms with Gasteiger partial charge in [0, 0.05) is 11.6 Å². The summed E-state index contributed by atoms with van der Waals surface area (Å²) in [4.78, 5) is 13.6. The van der Waals surface area contributed by atoms with E-state index in [9.17, 15) is 9.90 Å². The summed E-state index contributed by atoms with van der Waals surface area (Å²) in [5.41, 5.74) is 0.423. The summed E-state index contributed by atoms with van der Waals surface area (Å²) in [5.74, 6) is -1.33. The first-order valence-corrected chi connectivity index (χ1v) is 4.21. The van der Waals surface area contributed by atoms with E-state index < -0.39 is 5.97 Å². The largest absolute Gasteiger partial charge is 0.506 e. The molecule has 1 aromatic carbocycles. The zero-order valence-electron chi connectivity index (χ0n) is 6.91. The van der Waals surface area contributed by atoms with E-state index >= 15 is 0 Å². The lowest BCUT2D eigenvalue weighted by Gasteiger charge is -2.02. The van der Waals surface area contributed by atoms with Crippen LogP contribution in [0.3, 0.4) is 0 Å². The molecular formula is C9H6ClNO3. The second-order valence-corrected chi connectivity index (χ2v) is 3.21. The van der Waals surface area contributed by atoms with Crippen LogP contribution in [-0.2, 0) is 0 Å². The Balaban J connectivity index is 2.91. The van der Waals surface area contributed by atoms with Crippen LogP contribution in [0.1, 0.15) is 10.4 Å². The van der Waals surface area contributed by atoms with Gasteiger partial charge in [-0.15, -0.1) is 0 Å². The van der Waals surface area contributed by atoms with Gasteiger partial charge in [0.25, 0.3) is 0 Å². The summed E-state index contributed by atoms with van der Waals surface area (Å²) in [6, 6.07) is 2.74. The molecule has 0 radical (unpaired) electrons. The lowest BCUT2D eigenvalue weighted by molar-refractivity contribution is 0.0698. The van der Waals surface area contributed by atoms with Crippen LogP contribution in [0.15, 0.2) is 18.3 Å². The lowest BCUT2D eigenvalue weighted by Crippen LogP contribution is -1.97. The summed E-state index contributed by atoms with van der Waals surface area (Å²) in [6.45, 7) is 0.